The van der Waals surface area contributed by atoms with Crippen LogP contribution in [0.4, 0.5) is 17.2 Å². The molecular weight excluding hydrogens is 286 g/mol. The molecule has 0 spiro atoms. The third-order valence-electron chi connectivity index (χ3n) is 4.55. The number of aromatic nitrogens is 1. The molecule has 0 saturated heterocycles. The molecule has 0 aliphatic carbocycles. The van der Waals surface area contributed by atoms with E-state index in [-0.39, 0.29) is 11.8 Å². The molecule has 4 heteroatoms. The summed E-state index contributed by atoms with van der Waals surface area (Å²) in [6.07, 6.45) is 4.60. The molecule has 1 aromatic carbocycles. The van der Waals surface area contributed by atoms with Crippen LogP contribution in [-0.2, 0) is 11.2 Å². The number of fused-ring (bicyclic) bond motifs is 1. The Hall–Kier alpha value is -2.36. The van der Waals surface area contributed by atoms with Gasteiger partial charge in [0.25, 0.3) is 0 Å². The van der Waals surface area contributed by atoms with Gasteiger partial charge < -0.3 is 10.2 Å². The van der Waals surface area contributed by atoms with Crippen LogP contribution in [-0.4, -0.2) is 17.4 Å². The first-order valence-corrected chi connectivity index (χ1v) is 8.35. The normalized spacial score (nSPS) is 13.3. The van der Waals surface area contributed by atoms with Gasteiger partial charge in [0.15, 0.2) is 0 Å². The minimum absolute atomic E-state index is 0.0572. The van der Waals surface area contributed by atoms with E-state index in [9.17, 15) is 4.79 Å². The lowest BCUT2D eigenvalue weighted by Gasteiger charge is -2.19. The molecule has 1 N–H and O–H groups in total. The molecule has 4 nitrogen and oxygen atoms in total. The van der Waals surface area contributed by atoms with E-state index in [1.54, 1.807) is 0 Å². The molecular formula is C19H23N3O. The second-order valence-electron chi connectivity index (χ2n) is 5.93. The standard InChI is InChI=1S/C19H23N3O/c1-3-14(4-2)19(23)21-18-10-9-16(13-20-18)22-12-11-15-7-5-6-8-17(15)22/h5-10,13-14H,3-4,11-12H2,1-2H3,(H,20,21,23). The Morgan fingerprint density at radius 1 is 1.22 bits per heavy atom. The number of nitrogens with zero attached hydrogens (tertiary/aromatic N) is 2. The number of anilines is 3. The molecule has 0 fully saturated rings. The molecule has 3 rings (SSSR count). The summed E-state index contributed by atoms with van der Waals surface area (Å²) in [5, 5.41) is 2.91. The highest BCUT2D eigenvalue weighted by Gasteiger charge is 2.20. The molecule has 0 atom stereocenters. The van der Waals surface area contributed by atoms with Crippen molar-refractivity contribution in [1.82, 2.24) is 4.98 Å². The summed E-state index contributed by atoms with van der Waals surface area (Å²) in [5.74, 6) is 0.738. The van der Waals surface area contributed by atoms with Gasteiger partial charge in [0.05, 0.1) is 11.9 Å². The number of carbonyl (C=O) groups is 1. The van der Waals surface area contributed by atoms with Gasteiger partial charge in [-0.3, -0.25) is 4.79 Å². The lowest BCUT2D eigenvalue weighted by molar-refractivity contribution is -0.120. The molecule has 0 radical (unpaired) electrons. The Kier molecular flexibility index (Phi) is 4.60. The van der Waals surface area contributed by atoms with E-state index in [1.165, 1.54) is 11.3 Å². The first-order chi connectivity index (χ1) is 11.2. The quantitative estimate of drug-likeness (QED) is 0.902. The van der Waals surface area contributed by atoms with Gasteiger partial charge in [0.2, 0.25) is 5.91 Å². The van der Waals surface area contributed by atoms with Crippen LogP contribution in [0.2, 0.25) is 0 Å². The minimum Gasteiger partial charge on any atom is -0.340 e. The van der Waals surface area contributed by atoms with Crippen LogP contribution < -0.4 is 10.2 Å². The maximum atomic E-state index is 12.1. The largest absolute Gasteiger partial charge is 0.340 e. The zero-order chi connectivity index (χ0) is 16.2. The Morgan fingerprint density at radius 3 is 2.70 bits per heavy atom. The minimum atomic E-state index is 0.0572. The fourth-order valence-corrected chi connectivity index (χ4v) is 3.11. The molecule has 0 unspecified atom stereocenters. The first-order valence-electron chi connectivity index (χ1n) is 8.35. The van der Waals surface area contributed by atoms with Crippen LogP contribution in [0.1, 0.15) is 32.3 Å². The maximum Gasteiger partial charge on any atom is 0.228 e. The van der Waals surface area contributed by atoms with E-state index in [0.29, 0.717) is 5.82 Å². The highest BCUT2D eigenvalue weighted by atomic mass is 16.1. The van der Waals surface area contributed by atoms with Crippen molar-refractivity contribution in [2.45, 2.75) is 33.1 Å². The summed E-state index contributed by atoms with van der Waals surface area (Å²) in [6.45, 7) is 5.05. The van der Waals surface area contributed by atoms with E-state index in [4.69, 9.17) is 0 Å². The Labute approximate surface area is 137 Å². The Morgan fingerprint density at radius 2 is 2.00 bits per heavy atom. The van der Waals surface area contributed by atoms with Crippen LogP contribution in [0.5, 0.6) is 0 Å². The lowest BCUT2D eigenvalue weighted by atomic mass is 10.0. The zero-order valence-electron chi connectivity index (χ0n) is 13.7. The van der Waals surface area contributed by atoms with E-state index < -0.39 is 0 Å². The van der Waals surface area contributed by atoms with Crippen molar-refractivity contribution in [1.29, 1.82) is 0 Å². The summed E-state index contributed by atoms with van der Waals surface area (Å²) >= 11 is 0. The second-order valence-corrected chi connectivity index (χ2v) is 5.93. The average molecular weight is 309 g/mol. The third kappa shape index (κ3) is 3.21. The van der Waals surface area contributed by atoms with Crippen molar-refractivity contribution < 1.29 is 4.79 Å². The van der Waals surface area contributed by atoms with Crippen LogP contribution in [0.15, 0.2) is 42.6 Å². The van der Waals surface area contributed by atoms with Crippen molar-refractivity contribution in [2.75, 3.05) is 16.8 Å². The second kappa shape index (κ2) is 6.82. The number of para-hydroxylation sites is 1. The van der Waals surface area contributed by atoms with Gasteiger partial charge >= 0.3 is 0 Å². The van der Waals surface area contributed by atoms with E-state index in [0.717, 1.165) is 31.5 Å². The predicted molar refractivity (Wildman–Crippen MR) is 94.1 cm³/mol. The zero-order valence-corrected chi connectivity index (χ0v) is 13.7. The fraction of sp³-hybridized carbons (Fsp3) is 0.368. The summed E-state index contributed by atoms with van der Waals surface area (Å²) in [6, 6.07) is 12.4. The van der Waals surface area contributed by atoms with Gasteiger partial charge in [0, 0.05) is 18.2 Å². The molecule has 1 aliphatic heterocycles. The predicted octanol–water partition coefficient (Wildman–Crippen LogP) is 4.15. The van der Waals surface area contributed by atoms with Gasteiger partial charge in [-0.05, 0) is 43.0 Å². The molecule has 120 valence electrons. The van der Waals surface area contributed by atoms with E-state index >= 15 is 0 Å². The molecule has 23 heavy (non-hydrogen) atoms. The summed E-state index contributed by atoms with van der Waals surface area (Å²) < 4.78 is 0. The number of hydrogen-bond donors (Lipinski definition) is 1. The molecule has 0 saturated carbocycles. The summed E-state index contributed by atoms with van der Waals surface area (Å²) in [5.41, 5.74) is 3.69. The number of amides is 1. The molecule has 1 amide bonds. The van der Waals surface area contributed by atoms with E-state index in [1.807, 2.05) is 32.2 Å². The van der Waals surface area contributed by atoms with Crippen molar-refractivity contribution in [3.05, 3.63) is 48.2 Å². The topological polar surface area (TPSA) is 45.2 Å². The van der Waals surface area contributed by atoms with Gasteiger partial charge in [-0.2, -0.15) is 0 Å². The molecule has 1 aromatic heterocycles. The average Bonchev–Trinajstić information content (AvgIpc) is 3.01. The number of carbonyl (C=O) groups excluding carboxylic acids is 1. The van der Waals surface area contributed by atoms with E-state index in [2.05, 4.69) is 39.5 Å². The number of nitrogens with one attached hydrogen (secondary N) is 1. The van der Waals surface area contributed by atoms with Crippen molar-refractivity contribution in [3.8, 4) is 0 Å². The fourth-order valence-electron chi connectivity index (χ4n) is 3.11. The molecule has 1 aliphatic rings. The van der Waals surface area contributed by atoms with Crippen LogP contribution in [0, 0.1) is 5.92 Å². The number of pyridine rings is 1. The van der Waals surface area contributed by atoms with Gasteiger partial charge in [-0.25, -0.2) is 4.98 Å². The number of rotatable bonds is 5. The van der Waals surface area contributed by atoms with Gasteiger partial charge in [-0.15, -0.1) is 0 Å². The molecule has 0 bridgehead atoms. The third-order valence-corrected chi connectivity index (χ3v) is 4.55. The smallest absolute Gasteiger partial charge is 0.228 e. The highest BCUT2D eigenvalue weighted by Crippen LogP contribution is 2.34. The molecule has 2 aromatic rings. The van der Waals surface area contributed by atoms with Crippen molar-refractivity contribution in [3.63, 3.8) is 0 Å². The maximum absolute atomic E-state index is 12.1. The number of hydrogen-bond acceptors (Lipinski definition) is 3. The van der Waals surface area contributed by atoms with Crippen LogP contribution in [0.25, 0.3) is 0 Å². The molecule has 2 heterocycles. The van der Waals surface area contributed by atoms with Crippen molar-refractivity contribution >= 4 is 23.1 Å². The van der Waals surface area contributed by atoms with Crippen LogP contribution >= 0.6 is 0 Å². The Bertz CT molecular complexity index is 677. The first kappa shape index (κ1) is 15.5. The summed E-state index contributed by atoms with van der Waals surface area (Å²) in [4.78, 5) is 18.8. The van der Waals surface area contributed by atoms with Gasteiger partial charge in [0.1, 0.15) is 5.82 Å². The van der Waals surface area contributed by atoms with Crippen LogP contribution in [0.3, 0.4) is 0 Å². The van der Waals surface area contributed by atoms with Gasteiger partial charge in [-0.1, -0.05) is 32.0 Å². The Balaban J connectivity index is 1.72. The van der Waals surface area contributed by atoms with Crippen molar-refractivity contribution in [2.24, 2.45) is 5.92 Å². The SMILES string of the molecule is CCC(CC)C(=O)Nc1ccc(N2CCc3ccccc32)cn1. The monoisotopic (exact) mass is 309 g/mol. The number of benzene rings is 1. The summed E-state index contributed by atoms with van der Waals surface area (Å²) in [7, 11) is 0. The highest BCUT2D eigenvalue weighted by molar-refractivity contribution is 5.91. The lowest BCUT2D eigenvalue weighted by Crippen LogP contribution is -2.22.